The van der Waals surface area contributed by atoms with E-state index in [-0.39, 0.29) is 24.5 Å². The minimum absolute atomic E-state index is 0.0341. The molecule has 2 amide bonds. The molecule has 2 rings (SSSR count). The van der Waals surface area contributed by atoms with Crippen LogP contribution in [0.15, 0.2) is 12.1 Å². The molecule has 1 unspecified atom stereocenters. The molecule has 1 aliphatic heterocycles. The highest BCUT2D eigenvalue weighted by atomic mass is 16.5. The second-order valence-corrected chi connectivity index (χ2v) is 4.79. The van der Waals surface area contributed by atoms with Gasteiger partial charge in [0, 0.05) is 26.0 Å². The van der Waals surface area contributed by atoms with Crippen LogP contribution >= 0.6 is 0 Å². The fourth-order valence-corrected chi connectivity index (χ4v) is 1.98. The van der Waals surface area contributed by atoms with Crippen molar-refractivity contribution in [1.82, 2.24) is 20.4 Å². The molecule has 0 aliphatic carbocycles. The third kappa shape index (κ3) is 3.91. The molecule has 1 saturated heterocycles. The number of amides is 2. The molecule has 0 spiro atoms. The Morgan fingerprint density at radius 2 is 2.25 bits per heavy atom. The van der Waals surface area contributed by atoms with Gasteiger partial charge < -0.3 is 15.0 Å². The average molecular weight is 278 g/mol. The standard InChI is InChI=1S/C13H18N4O3/c1-9-3-4-12(16-15-9)20-11-5-6-17(8-11)13(19)7-14-10(2)18/h3-4,11H,5-8H2,1-2H3,(H,14,18). The maximum atomic E-state index is 11.8. The molecule has 1 atom stereocenters. The van der Waals surface area contributed by atoms with Crippen LogP contribution in [-0.4, -0.2) is 52.6 Å². The van der Waals surface area contributed by atoms with Crippen molar-refractivity contribution < 1.29 is 14.3 Å². The molecular weight excluding hydrogens is 260 g/mol. The quantitative estimate of drug-likeness (QED) is 0.831. The van der Waals surface area contributed by atoms with Crippen LogP contribution in [0.2, 0.25) is 0 Å². The lowest BCUT2D eigenvalue weighted by molar-refractivity contribution is -0.131. The topological polar surface area (TPSA) is 84.4 Å². The molecule has 1 N–H and O–H groups in total. The number of carbonyl (C=O) groups excluding carboxylic acids is 2. The fraction of sp³-hybridized carbons (Fsp3) is 0.538. The van der Waals surface area contributed by atoms with E-state index in [1.165, 1.54) is 6.92 Å². The van der Waals surface area contributed by atoms with E-state index in [0.29, 0.717) is 19.0 Å². The minimum atomic E-state index is -0.208. The molecule has 20 heavy (non-hydrogen) atoms. The minimum Gasteiger partial charge on any atom is -0.471 e. The predicted molar refractivity (Wildman–Crippen MR) is 71.1 cm³/mol. The molecule has 0 radical (unpaired) electrons. The Bertz CT molecular complexity index is 489. The van der Waals surface area contributed by atoms with Crippen LogP contribution in [-0.2, 0) is 9.59 Å². The molecule has 1 aromatic rings. The summed E-state index contributed by atoms with van der Waals surface area (Å²) in [6, 6.07) is 3.60. The highest BCUT2D eigenvalue weighted by Crippen LogP contribution is 2.16. The van der Waals surface area contributed by atoms with E-state index in [4.69, 9.17) is 4.74 Å². The Morgan fingerprint density at radius 1 is 1.45 bits per heavy atom. The van der Waals surface area contributed by atoms with Crippen molar-refractivity contribution in [3.05, 3.63) is 17.8 Å². The zero-order valence-electron chi connectivity index (χ0n) is 11.6. The summed E-state index contributed by atoms with van der Waals surface area (Å²) in [6.45, 7) is 4.41. The van der Waals surface area contributed by atoms with Gasteiger partial charge in [-0.2, -0.15) is 5.10 Å². The van der Waals surface area contributed by atoms with Crippen LogP contribution < -0.4 is 10.1 Å². The zero-order valence-corrected chi connectivity index (χ0v) is 11.6. The van der Waals surface area contributed by atoms with E-state index in [1.54, 1.807) is 11.0 Å². The maximum absolute atomic E-state index is 11.8. The van der Waals surface area contributed by atoms with Crippen LogP contribution in [0.25, 0.3) is 0 Å². The van der Waals surface area contributed by atoms with Crippen LogP contribution in [0.4, 0.5) is 0 Å². The van der Waals surface area contributed by atoms with Crippen molar-refractivity contribution in [1.29, 1.82) is 0 Å². The van der Waals surface area contributed by atoms with Crippen LogP contribution in [0.3, 0.4) is 0 Å². The SMILES string of the molecule is CC(=O)NCC(=O)N1CCC(Oc2ccc(C)nn2)C1. The fourth-order valence-electron chi connectivity index (χ4n) is 1.98. The van der Waals surface area contributed by atoms with E-state index in [0.717, 1.165) is 12.1 Å². The number of carbonyl (C=O) groups is 2. The summed E-state index contributed by atoms with van der Waals surface area (Å²) >= 11 is 0. The molecule has 2 heterocycles. The van der Waals surface area contributed by atoms with E-state index in [1.807, 2.05) is 13.0 Å². The van der Waals surface area contributed by atoms with Gasteiger partial charge in [0.2, 0.25) is 17.7 Å². The molecule has 0 saturated carbocycles. The van der Waals surface area contributed by atoms with Crippen LogP contribution in [0, 0.1) is 6.92 Å². The number of hydrogen-bond donors (Lipinski definition) is 1. The van der Waals surface area contributed by atoms with Gasteiger partial charge in [-0.25, -0.2) is 0 Å². The van der Waals surface area contributed by atoms with E-state index >= 15 is 0 Å². The number of hydrogen-bond acceptors (Lipinski definition) is 5. The first-order valence-corrected chi connectivity index (χ1v) is 6.54. The monoisotopic (exact) mass is 278 g/mol. The van der Waals surface area contributed by atoms with Gasteiger partial charge in [0.15, 0.2) is 0 Å². The first kappa shape index (κ1) is 14.2. The Morgan fingerprint density at radius 3 is 2.90 bits per heavy atom. The van der Waals surface area contributed by atoms with Gasteiger partial charge in [-0.05, 0) is 13.0 Å². The molecule has 1 aromatic heterocycles. The summed E-state index contributed by atoms with van der Waals surface area (Å²) in [6.07, 6.45) is 0.676. The molecule has 0 bridgehead atoms. The zero-order chi connectivity index (χ0) is 14.5. The van der Waals surface area contributed by atoms with Crippen LogP contribution in [0.5, 0.6) is 5.88 Å². The molecular formula is C13H18N4O3. The van der Waals surface area contributed by atoms with Gasteiger partial charge >= 0.3 is 0 Å². The Kier molecular flexibility index (Phi) is 4.49. The lowest BCUT2D eigenvalue weighted by Gasteiger charge is -2.16. The summed E-state index contributed by atoms with van der Waals surface area (Å²) in [5, 5.41) is 10.4. The molecule has 1 fully saturated rings. The van der Waals surface area contributed by atoms with Gasteiger partial charge in [-0.1, -0.05) is 0 Å². The van der Waals surface area contributed by atoms with Crippen molar-refractivity contribution in [3.63, 3.8) is 0 Å². The van der Waals surface area contributed by atoms with Crippen molar-refractivity contribution in [2.24, 2.45) is 0 Å². The third-order valence-electron chi connectivity index (χ3n) is 3.05. The van der Waals surface area contributed by atoms with Crippen molar-refractivity contribution >= 4 is 11.8 Å². The summed E-state index contributed by atoms with van der Waals surface area (Å²) in [5.74, 6) is 0.165. The Hall–Kier alpha value is -2.18. The van der Waals surface area contributed by atoms with Crippen LogP contribution in [0.1, 0.15) is 19.0 Å². The van der Waals surface area contributed by atoms with Crippen molar-refractivity contribution in [2.45, 2.75) is 26.4 Å². The normalized spacial score (nSPS) is 17.9. The number of aromatic nitrogens is 2. The van der Waals surface area contributed by atoms with Gasteiger partial charge in [-0.15, -0.1) is 5.10 Å². The van der Waals surface area contributed by atoms with E-state index < -0.39 is 0 Å². The number of nitrogens with one attached hydrogen (secondary N) is 1. The maximum Gasteiger partial charge on any atom is 0.242 e. The summed E-state index contributed by atoms with van der Waals surface area (Å²) < 4.78 is 5.68. The van der Waals surface area contributed by atoms with E-state index in [2.05, 4.69) is 15.5 Å². The third-order valence-corrected chi connectivity index (χ3v) is 3.05. The van der Waals surface area contributed by atoms with Gasteiger partial charge in [0.1, 0.15) is 6.10 Å². The van der Waals surface area contributed by atoms with Gasteiger partial charge in [-0.3, -0.25) is 9.59 Å². The largest absolute Gasteiger partial charge is 0.471 e. The van der Waals surface area contributed by atoms with Crippen molar-refractivity contribution in [2.75, 3.05) is 19.6 Å². The van der Waals surface area contributed by atoms with Gasteiger partial charge in [0.25, 0.3) is 0 Å². The van der Waals surface area contributed by atoms with Crippen molar-refractivity contribution in [3.8, 4) is 5.88 Å². The molecule has 0 aromatic carbocycles. The molecule has 108 valence electrons. The number of likely N-dealkylation sites (tertiary alicyclic amines) is 1. The first-order valence-electron chi connectivity index (χ1n) is 6.54. The number of aryl methyl sites for hydroxylation is 1. The lowest BCUT2D eigenvalue weighted by atomic mass is 10.3. The number of ether oxygens (including phenoxy) is 1. The number of nitrogens with zero attached hydrogens (tertiary/aromatic N) is 3. The van der Waals surface area contributed by atoms with E-state index in [9.17, 15) is 9.59 Å². The Balaban J connectivity index is 1.81. The summed E-state index contributed by atoms with van der Waals surface area (Å²) in [5.41, 5.74) is 0.830. The Labute approximate surface area is 117 Å². The molecule has 7 nitrogen and oxygen atoms in total. The second kappa shape index (κ2) is 6.31. The lowest BCUT2D eigenvalue weighted by Crippen LogP contribution is -2.39. The highest BCUT2D eigenvalue weighted by Gasteiger charge is 2.27. The first-order chi connectivity index (χ1) is 9.54. The predicted octanol–water partition coefficient (Wildman–Crippen LogP) is -0.0992. The molecule has 7 heteroatoms. The summed E-state index contributed by atoms with van der Waals surface area (Å²) in [7, 11) is 0. The smallest absolute Gasteiger partial charge is 0.242 e. The average Bonchev–Trinajstić information content (AvgIpc) is 2.87. The second-order valence-electron chi connectivity index (χ2n) is 4.79. The molecule has 1 aliphatic rings. The van der Waals surface area contributed by atoms with Gasteiger partial charge in [0.05, 0.1) is 18.8 Å². The number of rotatable bonds is 4. The summed E-state index contributed by atoms with van der Waals surface area (Å²) in [4.78, 5) is 24.3. The highest BCUT2D eigenvalue weighted by molar-refractivity contribution is 5.83.